The molecule has 1 saturated heterocycles. The molecule has 3 N–H and O–H groups in total. The quantitative estimate of drug-likeness (QED) is 0.563. The average molecular weight is 379 g/mol. The molecule has 27 heavy (non-hydrogen) atoms. The van der Waals surface area contributed by atoms with Gasteiger partial charge >= 0.3 is 0 Å². The van der Waals surface area contributed by atoms with E-state index in [0.29, 0.717) is 12.8 Å². The number of Topliss-reactive ketones (excluding diaryl/α,β-unsaturated/α-hetero) is 1. The summed E-state index contributed by atoms with van der Waals surface area (Å²) in [6, 6.07) is 0. The second kappa shape index (κ2) is 5.44. The summed E-state index contributed by atoms with van der Waals surface area (Å²) in [7, 11) is 0. The molecule has 3 aliphatic carbocycles. The molecule has 2 bridgehead atoms. The number of ether oxygens (including phenoxy) is 1. The van der Waals surface area contributed by atoms with E-state index >= 15 is 0 Å². The van der Waals surface area contributed by atoms with Crippen molar-refractivity contribution in [1.82, 2.24) is 0 Å². The summed E-state index contributed by atoms with van der Waals surface area (Å²) in [6.45, 7) is 11.9. The van der Waals surface area contributed by atoms with Crippen LogP contribution in [0.15, 0.2) is 11.1 Å². The smallest absolute Gasteiger partial charge is 0.146 e. The van der Waals surface area contributed by atoms with Gasteiger partial charge < -0.3 is 20.1 Å². The fourth-order valence-corrected chi connectivity index (χ4v) is 7.54. The zero-order chi connectivity index (χ0) is 20.2. The van der Waals surface area contributed by atoms with Crippen LogP contribution in [0.1, 0.15) is 60.8 Å². The molecule has 3 fully saturated rings. The molecule has 0 amide bonds. The number of carbonyl (C=O) groups excluding carboxylic acids is 1. The van der Waals surface area contributed by atoms with Crippen LogP contribution in [0, 0.1) is 28.6 Å². The number of aliphatic hydroxyl groups is 3. The standard InChI is InChI=1S/C22H34O5/c1-11-14(23)9-22(26)13(3)17-20(6,8-7-15-21(17,25)10-27-15)18(24)12(2)16(11)19(22,4)5/h12-15,17,23,25-26H,7-10H2,1-6H3/t12-,13+,14?,15?,17?,20-,21?,22?/m1/s1. The Balaban J connectivity index is 1.98. The van der Waals surface area contributed by atoms with Crippen molar-refractivity contribution in [3.63, 3.8) is 0 Å². The topological polar surface area (TPSA) is 87.0 Å². The molecule has 1 heterocycles. The fourth-order valence-electron chi connectivity index (χ4n) is 7.54. The SMILES string of the molecule is CC1=C2[C@@H](C)C(=O)[C@]3(C)CCC4OCC4(O)C3[C@H](C)C(O)(CC1O)C2(C)C. The van der Waals surface area contributed by atoms with Gasteiger partial charge in [0.1, 0.15) is 11.4 Å². The van der Waals surface area contributed by atoms with Gasteiger partial charge in [-0.25, -0.2) is 0 Å². The van der Waals surface area contributed by atoms with Crippen molar-refractivity contribution in [2.75, 3.05) is 6.61 Å². The second-order valence-electron chi connectivity index (χ2n) is 10.5. The number of carbonyl (C=O) groups is 1. The number of fused-ring (bicyclic) bond motifs is 5. The summed E-state index contributed by atoms with van der Waals surface area (Å²) in [4.78, 5) is 13.8. The van der Waals surface area contributed by atoms with Gasteiger partial charge in [0.05, 0.1) is 24.4 Å². The highest BCUT2D eigenvalue weighted by molar-refractivity contribution is 5.90. The van der Waals surface area contributed by atoms with Gasteiger partial charge in [-0.15, -0.1) is 0 Å². The highest BCUT2D eigenvalue weighted by atomic mass is 16.6. The molecule has 4 rings (SSSR count). The molecule has 4 aliphatic rings. The van der Waals surface area contributed by atoms with Gasteiger partial charge in [-0.2, -0.15) is 0 Å². The molecule has 5 heteroatoms. The summed E-state index contributed by atoms with van der Waals surface area (Å²) >= 11 is 0. The van der Waals surface area contributed by atoms with E-state index in [-0.39, 0.29) is 30.8 Å². The third-order valence-corrected chi connectivity index (χ3v) is 9.05. The zero-order valence-electron chi connectivity index (χ0n) is 17.4. The van der Waals surface area contributed by atoms with Crippen molar-refractivity contribution in [2.24, 2.45) is 28.6 Å². The molecule has 0 spiro atoms. The van der Waals surface area contributed by atoms with E-state index in [1.807, 2.05) is 41.5 Å². The molecule has 8 atom stereocenters. The number of aliphatic hydroxyl groups excluding tert-OH is 1. The lowest BCUT2D eigenvalue weighted by atomic mass is 9.42. The van der Waals surface area contributed by atoms with E-state index in [2.05, 4.69) is 0 Å². The molecule has 5 unspecified atom stereocenters. The maximum absolute atomic E-state index is 13.8. The summed E-state index contributed by atoms with van der Waals surface area (Å²) in [5, 5.41) is 34.3. The van der Waals surface area contributed by atoms with Crippen LogP contribution >= 0.6 is 0 Å². The van der Waals surface area contributed by atoms with Crippen LogP contribution in [0.2, 0.25) is 0 Å². The molecule has 152 valence electrons. The predicted molar refractivity (Wildman–Crippen MR) is 101 cm³/mol. The zero-order valence-corrected chi connectivity index (χ0v) is 17.4. The molecular weight excluding hydrogens is 344 g/mol. The first-order valence-corrected chi connectivity index (χ1v) is 10.3. The number of hydrogen-bond acceptors (Lipinski definition) is 5. The molecular formula is C22H34O5. The third-order valence-electron chi connectivity index (χ3n) is 9.05. The Hall–Kier alpha value is -0.750. The number of rotatable bonds is 0. The first-order chi connectivity index (χ1) is 12.3. The van der Waals surface area contributed by atoms with Gasteiger partial charge in [-0.3, -0.25) is 4.79 Å². The van der Waals surface area contributed by atoms with Crippen LogP contribution in [0.4, 0.5) is 0 Å². The maximum atomic E-state index is 13.8. The Kier molecular flexibility index (Phi) is 3.94. The van der Waals surface area contributed by atoms with E-state index in [4.69, 9.17) is 4.74 Å². The average Bonchev–Trinajstić information content (AvgIpc) is 2.56. The van der Waals surface area contributed by atoms with Crippen molar-refractivity contribution in [2.45, 2.75) is 84.2 Å². The molecule has 0 aromatic heterocycles. The van der Waals surface area contributed by atoms with Crippen LogP contribution in [0.5, 0.6) is 0 Å². The van der Waals surface area contributed by atoms with Crippen LogP contribution in [-0.2, 0) is 9.53 Å². The van der Waals surface area contributed by atoms with Gasteiger partial charge in [0.15, 0.2) is 0 Å². The lowest BCUT2D eigenvalue weighted by Crippen LogP contribution is -2.75. The normalized spacial score (nSPS) is 54.4. The van der Waals surface area contributed by atoms with Crippen LogP contribution in [0.25, 0.3) is 0 Å². The van der Waals surface area contributed by atoms with Gasteiger partial charge in [-0.05, 0) is 36.8 Å². The minimum atomic E-state index is -1.21. The predicted octanol–water partition coefficient (Wildman–Crippen LogP) is 2.23. The van der Waals surface area contributed by atoms with Gasteiger partial charge in [0, 0.05) is 29.1 Å². The highest BCUT2D eigenvalue weighted by Crippen LogP contribution is 2.64. The van der Waals surface area contributed by atoms with E-state index in [1.54, 1.807) is 0 Å². The Bertz CT molecular complexity index is 726. The number of ketones is 1. The first kappa shape index (κ1) is 19.6. The van der Waals surface area contributed by atoms with E-state index < -0.39 is 40.0 Å². The Morgan fingerprint density at radius 1 is 1.15 bits per heavy atom. The van der Waals surface area contributed by atoms with E-state index in [9.17, 15) is 20.1 Å². The van der Waals surface area contributed by atoms with Gasteiger partial charge in [-0.1, -0.05) is 34.6 Å². The second-order valence-corrected chi connectivity index (χ2v) is 10.5. The monoisotopic (exact) mass is 378 g/mol. The van der Waals surface area contributed by atoms with E-state index in [0.717, 1.165) is 11.1 Å². The molecule has 0 radical (unpaired) electrons. The third kappa shape index (κ3) is 2.07. The van der Waals surface area contributed by atoms with Crippen LogP contribution < -0.4 is 0 Å². The lowest BCUT2D eigenvalue weighted by Gasteiger charge is -2.66. The Morgan fingerprint density at radius 2 is 1.78 bits per heavy atom. The van der Waals surface area contributed by atoms with Crippen molar-refractivity contribution >= 4 is 5.78 Å². The minimum Gasteiger partial charge on any atom is -0.389 e. The van der Waals surface area contributed by atoms with Crippen molar-refractivity contribution in [3.8, 4) is 0 Å². The van der Waals surface area contributed by atoms with Crippen molar-refractivity contribution in [1.29, 1.82) is 0 Å². The molecule has 1 aliphatic heterocycles. The minimum absolute atomic E-state index is 0.122. The van der Waals surface area contributed by atoms with Gasteiger partial charge in [0.25, 0.3) is 0 Å². The molecule has 5 nitrogen and oxygen atoms in total. The lowest BCUT2D eigenvalue weighted by molar-refractivity contribution is -0.319. The Labute approximate surface area is 161 Å². The van der Waals surface area contributed by atoms with E-state index in [1.165, 1.54) is 0 Å². The summed E-state index contributed by atoms with van der Waals surface area (Å²) in [5.74, 6) is -1.04. The molecule has 0 aromatic rings. The van der Waals surface area contributed by atoms with Crippen LogP contribution in [-0.4, -0.2) is 51.1 Å². The van der Waals surface area contributed by atoms with Crippen molar-refractivity contribution in [3.05, 3.63) is 11.1 Å². The highest BCUT2D eigenvalue weighted by Gasteiger charge is 2.71. The molecule has 0 aromatic carbocycles. The Morgan fingerprint density at radius 3 is 2.33 bits per heavy atom. The van der Waals surface area contributed by atoms with Gasteiger partial charge in [0.2, 0.25) is 0 Å². The van der Waals surface area contributed by atoms with Crippen molar-refractivity contribution < 1.29 is 24.9 Å². The maximum Gasteiger partial charge on any atom is 0.146 e. The first-order valence-electron chi connectivity index (χ1n) is 10.3. The largest absolute Gasteiger partial charge is 0.389 e. The summed E-state index contributed by atoms with van der Waals surface area (Å²) in [5.41, 5.74) is -1.99. The summed E-state index contributed by atoms with van der Waals surface area (Å²) < 4.78 is 5.64. The number of hydrogen-bond donors (Lipinski definition) is 3. The fraction of sp³-hybridized carbons (Fsp3) is 0.864. The summed E-state index contributed by atoms with van der Waals surface area (Å²) in [6.07, 6.45) is 0.510. The molecule has 2 saturated carbocycles. The van der Waals surface area contributed by atoms with Crippen LogP contribution in [0.3, 0.4) is 0 Å².